The molecule has 2 saturated heterocycles. The van der Waals surface area contributed by atoms with E-state index in [2.05, 4.69) is 24.1 Å². The fourth-order valence-electron chi connectivity index (χ4n) is 4.32. The van der Waals surface area contributed by atoms with Crippen LogP contribution in [0.25, 0.3) is 0 Å². The Kier molecular flexibility index (Phi) is 6.89. The van der Waals surface area contributed by atoms with Crippen LogP contribution in [0.5, 0.6) is 0 Å². The van der Waals surface area contributed by atoms with Gasteiger partial charge in [-0.15, -0.1) is 0 Å². The molecule has 5 nitrogen and oxygen atoms in total. The highest BCUT2D eigenvalue weighted by atomic mass is 16.2. The average molecular weight is 352 g/mol. The lowest BCUT2D eigenvalue weighted by molar-refractivity contribution is -0.144. The summed E-state index contributed by atoms with van der Waals surface area (Å²) in [5.41, 5.74) is -0.426. The molecule has 0 aromatic rings. The lowest BCUT2D eigenvalue weighted by atomic mass is 9.92. The Morgan fingerprint density at radius 3 is 2.36 bits per heavy atom. The van der Waals surface area contributed by atoms with Gasteiger partial charge in [0.25, 0.3) is 0 Å². The molecule has 3 atom stereocenters. The molecule has 2 heterocycles. The van der Waals surface area contributed by atoms with Gasteiger partial charge in [-0.1, -0.05) is 34.6 Å². The van der Waals surface area contributed by atoms with Crippen LogP contribution in [0, 0.1) is 17.3 Å². The number of rotatable bonds is 5. The van der Waals surface area contributed by atoms with E-state index in [9.17, 15) is 9.59 Å². The van der Waals surface area contributed by atoms with Gasteiger partial charge in [0.15, 0.2) is 0 Å². The van der Waals surface area contributed by atoms with Crippen molar-refractivity contribution in [1.82, 2.24) is 15.1 Å². The van der Waals surface area contributed by atoms with Crippen LogP contribution in [0.4, 0.5) is 0 Å². The third-order valence-electron chi connectivity index (χ3n) is 5.35. The third-order valence-corrected chi connectivity index (χ3v) is 5.35. The van der Waals surface area contributed by atoms with Gasteiger partial charge in [0.1, 0.15) is 6.04 Å². The zero-order valence-electron chi connectivity index (χ0n) is 16.8. The van der Waals surface area contributed by atoms with Crippen LogP contribution >= 0.6 is 0 Å². The molecule has 5 heteroatoms. The zero-order valence-corrected chi connectivity index (χ0v) is 16.8. The predicted molar refractivity (Wildman–Crippen MR) is 101 cm³/mol. The summed E-state index contributed by atoms with van der Waals surface area (Å²) in [5.74, 6) is 1.65. The number of hydrogen-bond donors (Lipinski definition) is 1. The quantitative estimate of drug-likeness (QED) is 0.774. The van der Waals surface area contributed by atoms with Crippen molar-refractivity contribution in [3.63, 3.8) is 0 Å². The third kappa shape index (κ3) is 5.70. The van der Waals surface area contributed by atoms with E-state index < -0.39 is 5.41 Å². The van der Waals surface area contributed by atoms with E-state index in [0.717, 1.165) is 37.6 Å². The SMILES string of the molecule is CC1CC(C)CN(CCCNC(=O)C2CCCN2C(=O)C(C)(C)C)C1. The van der Waals surface area contributed by atoms with Gasteiger partial charge in [-0.3, -0.25) is 9.59 Å². The minimum absolute atomic E-state index is 0.0236. The number of carbonyl (C=O) groups is 2. The summed E-state index contributed by atoms with van der Waals surface area (Å²) in [6.45, 7) is 15.2. The van der Waals surface area contributed by atoms with Gasteiger partial charge < -0.3 is 15.1 Å². The first-order chi connectivity index (χ1) is 11.7. The van der Waals surface area contributed by atoms with Crippen molar-refractivity contribution in [3.05, 3.63) is 0 Å². The minimum Gasteiger partial charge on any atom is -0.354 e. The second-order valence-corrected chi connectivity index (χ2v) is 9.26. The van der Waals surface area contributed by atoms with Crippen molar-refractivity contribution in [3.8, 4) is 0 Å². The fourth-order valence-corrected chi connectivity index (χ4v) is 4.32. The van der Waals surface area contributed by atoms with Crippen LogP contribution in [-0.4, -0.2) is 60.4 Å². The fraction of sp³-hybridized carbons (Fsp3) is 0.900. The minimum atomic E-state index is -0.426. The van der Waals surface area contributed by atoms with Crippen LogP contribution in [0.2, 0.25) is 0 Å². The summed E-state index contributed by atoms with van der Waals surface area (Å²) in [6.07, 6.45) is 4.01. The molecule has 3 unspecified atom stereocenters. The maximum atomic E-state index is 12.5. The molecule has 2 rings (SSSR count). The van der Waals surface area contributed by atoms with Gasteiger partial charge in [0, 0.05) is 31.6 Å². The highest BCUT2D eigenvalue weighted by molar-refractivity contribution is 5.90. The maximum Gasteiger partial charge on any atom is 0.242 e. The summed E-state index contributed by atoms with van der Waals surface area (Å²) in [7, 11) is 0. The molecule has 2 amide bonds. The van der Waals surface area contributed by atoms with Crippen molar-refractivity contribution in [2.24, 2.45) is 17.3 Å². The lowest BCUT2D eigenvalue weighted by Crippen LogP contribution is -2.49. The first kappa shape index (κ1) is 20.2. The van der Waals surface area contributed by atoms with E-state index in [-0.39, 0.29) is 17.9 Å². The Labute approximate surface area is 153 Å². The zero-order chi connectivity index (χ0) is 18.6. The van der Waals surface area contributed by atoms with Crippen LogP contribution in [0.1, 0.15) is 60.3 Å². The van der Waals surface area contributed by atoms with Crippen molar-refractivity contribution < 1.29 is 9.59 Å². The lowest BCUT2D eigenvalue weighted by Gasteiger charge is -2.35. The summed E-state index contributed by atoms with van der Waals surface area (Å²) in [4.78, 5) is 29.3. The number of carbonyl (C=O) groups excluding carboxylic acids is 2. The van der Waals surface area contributed by atoms with Crippen LogP contribution in [0.3, 0.4) is 0 Å². The molecule has 0 aliphatic carbocycles. The van der Waals surface area contributed by atoms with E-state index in [4.69, 9.17) is 0 Å². The number of piperidine rings is 1. The van der Waals surface area contributed by atoms with Crippen LogP contribution in [0.15, 0.2) is 0 Å². The van der Waals surface area contributed by atoms with Gasteiger partial charge in [-0.25, -0.2) is 0 Å². The number of nitrogens with one attached hydrogen (secondary N) is 1. The highest BCUT2D eigenvalue weighted by Gasteiger charge is 2.38. The van der Waals surface area contributed by atoms with Gasteiger partial charge >= 0.3 is 0 Å². The van der Waals surface area contributed by atoms with E-state index >= 15 is 0 Å². The smallest absolute Gasteiger partial charge is 0.242 e. The molecule has 1 N–H and O–H groups in total. The summed E-state index contributed by atoms with van der Waals surface area (Å²) in [5, 5.41) is 3.06. The van der Waals surface area contributed by atoms with Crippen molar-refractivity contribution in [2.45, 2.75) is 66.3 Å². The summed E-state index contributed by atoms with van der Waals surface area (Å²) in [6, 6.07) is -0.276. The van der Waals surface area contributed by atoms with Crippen LogP contribution in [-0.2, 0) is 9.59 Å². The second kappa shape index (κ2) is 8.52. The normalized spacial score (nSPS) is 28.2. The number of amides is 2. The van der Waals surface area contributed by atoms with E-state index in [1.54, 1.807) is 4.90 Å². The molecule has 0 aromatic carbocycles. The second-order valence-electron chi connectivity index (χ2n) is 9.26. The predicted octanol–water partition coefficient (Wildman–Crippen LogP) is 2.51. The largest absolute Gasteiger partial charge is 0.354 e. The Morgan fingerprint density at radius 2 is 1.76 bits per heavy atom. The molecule has 2 aliphatic rings. The van der Waals surface area contributed by atoms with Gasteiger partial charge in [0.2, 0.25) is 11.8 Å². The molecule has 144 valence electrons. The van der Waals surface area contributed by atoms with E-state index in [1.807, 2.05) is 20.8 Å². The van der Waals surface area contributed by atoms with Gasteiger partial charge in [0.05, 0.1) is 0 Å². The number of nitrogens with zero attached hydrogens (tertiary/aromatic N) is 2. The molecule has 0 aromatic heterocycles. The van der Waals surface area contributed by atoms with Crippen molar-refractivity contribution in [2.75, 3.05) is 32.7 Å². The molecular formula is C20H37N3O2. The molecule has 0 bridgehead atoms. The Morgan fingerprint density at radius 1 is 1.12 bits per heavy atom. The molecule has 25 heavy (non-hydrogen) atoms. The Bertz CT molecular complexity index is 462. The molecule has 0 radical (unpaired) electrons. The van der Waals surface area contributed by atoms with E-state index in [1.165, 1.54) is 19.5 Å². The molecular weight excluding hydrogens is 314 g/mol. The average Bonchev–Trinajstić information content (AvgIpc) is 2.98. The van der Waals surface area contributed by atoms with Crippen molar-refractivity contribution in [1.29, 1.82) is 0 Å². The number of hydrogen-bond acceptors (Lipinski definition) is 3. The first-order valence-corrected chi connectivity index (χ1v) is 9.99. The summed E-state index contributed by atoms with van der Waals surface area (Å²) < 4.78 is 0. The maximum absolute atomic E-state index is 12.5. The molecule has 2 fully saturated rings. The van der Waals surface area contributed by atoms with E-state index in [0.29, 0.717) is 13.1 Å². The Balaban J connectivity index is 1.73. The van der Waals surface area contributed by atoms with Gasteiger partial charge in [-0.2, -0.15) is 0 Å². The van der Waals surface area contributed by atoms with Gasteiger partial charge in [-0.05, 0) is 44.1 Å². The molecule has 0 saturated carbocycles. The van der Waals surface area contributed by atoms with Crippen molar-refractivity contribution >= 4 is 11.8 Å². The Hall–Kier alpha value is -1.10. The number of likely N-dealkylation sites (tertiary alicyclic amines) is 2. The standard InChI is InChI=1S/C20H37N3O2/c1-15-12-16(2)14-22(13-15)10-7-9-21-18(24)17-8-6-11-23(17)19(25)20(3,4)5/h15-17H,6-14H2,1-5H3,(H,21,24). The monoisotopic (exact) mass is 351 g/mol. The summed E-state index contributed by atoms with van der Waals surface area (Å²) >= 11 is 0. The molecule has 2 aliphatic heterocycles. The molecule has 0 spiro atoms. The van der Waals surface area contributed by atoms with Crippen LogP contribution < -0.4 is 5.32 Å². The first-order valence-electron chi connectivity index (χ1n) is 9.99. The highest BCUT2D eigenvalue weighted by Crippen LogP contribution is 2.25. The topological polar surface area (TPSA) is 52.7 Å².